The van der Waals surface area contributed by atoms with Crippen LogP contribution in [0.5, 0.6) is 0 Å². The minimum atomic E-state index is -1.32. The number of thiazole rings is 1. The molecule has 3 atom stereocenters. The number of aliphatic carboxylic acids is 1. The van der Waals surface area contributed by atoms with Gasteiger partial charge in [0.2, 0.25) is 11.8 Å². The topological polar surface area (TPSA) is 133 Å². The van der Waals surface area contributed by atoms with Gasteiger partial charge in [-0.25, -0.2) is 9.97 Å². The number of aliphatic hydroxyl groups excluding tert-OH is 1. The minimum Gasteiger partial charge on any atom is -0.481 e. The zero-order chi connectivity index (χ0) is 30.0. The highest BCUT2D eigenvalue weighted by molar-refractivity contribution is 7.10. The van der Waals surface area contributed by atoms with Gasteiger partial charge < -0.3 is 15.5 Å². The lowest BCUT2D eigenvalue weighted by atomic mass is 9.63. The van der Waals surface area contributed by atoms with E-state index in [-0.39, 0.29) is 36.7 Å². The molecule has 1 aromatic carbocycles. The van der Waals surface area contributed by atoms with Crippen molar-refractivity contribution in [3.63, 3.8) is 0 Å². The van der Waals surface area contributed by atoms with E-state index in [9.17, 15) is 24.6 Å². The highest BCUT2D eigenvalue weighted by atomic mass is 32.1. The van der Waals surface area contributed by atoms with E-state index in [1.807, 2.05) is 41.8 Å². The Morgan fingerprint density at radius 3 is 2.49 bits per heavy atom. The number of benzene rings is 1. The molecule has 2 saturated heterocycles. The Kier molecular flexibility index (Phi) is 8.59. The molecule has 0 bridgehead atoms. The molecule has 6 rings (SSSR count). The molecule has 9 nitrogen and oxygen atoms in total. The van der Waals surface area contributed by atoms with Gasteiger partial charge in [0.15, 0.2) is 0 Å². The average molecular weight is 603 g/mol. The van der Waals surface area contributed by atoms with Crippen molar-refractivity contribution in [2.24, 2.45) is 11.8 Å². The summed E-state index contributed by atoms with van der Waals surface area (Å²) < 4.78 is 0. The number of nitrogens with zero attached hydrogens (tertiary/aromatic N) is 3. The molecule has 3 N–H and O–H groups in total. The Hall–Kier alpha value is -3.63. The van der Waals surface area contributed by atoms with Crippen LogP contribution in [0.4, 0.5) is 5.82 Å². The Bertz CT molecular complexity index is 1480. The number of hydrogen-bond acceptors (Lipinski definition) is 7. The van der Waals surface area contributed by atoms with Crippen LogP contribution in [0.2, 0.25) is 0 Å². The molecule has 2 aliphatic heterocycles. The first-order valence-electron chi connectivity index (χ1n) is 15.4. The fourth-order valence-electron chi connectivity index (χ4n) is 7.46. The van der Waals surface area contributed by atoms with Crippen molar-refractivity contribution in [3.05, 3.63) is 53.0 Å². The fraction of sp³-hybridized carbons (Fsp3) is 0.485. The van der Waals surface area contributed by atoms with Gasteiger partial charge in [-0.05, 0) is 48.8 Å². The molecule has 0 radical (unpaired) electrons. The Morgan fingerprint density at radius 2 is 1.81 bits per heavy atom. The van der Waals surface area contributed by atoms with E-state index >= 15 is 0 Å². The lowest BCUT2D eigenvalue weighted by molar-refractivity contribution is -0.145. The number of nitrogens with one attached hydrogen (secondary N) is 1. The van der Waals surface area contributed by atoms with Crippen LogP contribution in [0, 0.1) is 11.8 Å². The smallest absolute Gasteiger partial charge is 0.304 e. The molecule has 10 heteroatoms. The standard InChI is InChI=1S/C33H38N4O5S/c38-19-23-9-5-12-26(21-7-1-2-8-21)33(17-30(40)41,31(42)35-23)32-36-27(20-43-32)25-11-4-3-10-24(25)22-14-15-28(34-18-22)37-16-6-13-29(37)39/h3-4,10-11,14-15,18,20-21,23,26,38H,1-2,5-9,12-13,16-17,19H2,(H,35,42)(H,40,41)/t23-,26-,33+/m1/s1. The van der Waals surface area contributed by atoms with Crippen molar-refractivity contribution in [3.8, 4) is 22.4 Å². The van der Waals surface area contributed by atoms with E-state index < -0.39 is 17.4 Å². The van der Waals surface area contributed by atoms with E-state index in [2.05, 4.69) is 10.3 Å². The van der Waals surface area contributed by atoms with Crippen LogP contribution in [0.15, 0.2) is 48.0 Å². The average Bonchev–Trinajstić information content (AvgIpc) is 3.80. The summed E-state index contributed by atoms with van der Waals surface area (Å²) in [6, 6.07) is 11.3. The normalized spacial score (nSPS) is 25.0. The maximum atomic E-state index is 14.2. The molecule has 0 spiro atoms. The first-order chi connectivity index (χ1) is 20.9. The van der Waals surface area contributed by atoms with E-state index in [4.69, 9.17) is 4.98 Å². The van der Waals surface area contributed by atoms with Gasteiger partial charge >= 0.3 is 5.97 Å². The van der Waals surface area contributed by atoms with Crippen molar-refractivity contribution in [1.29, 1.82) is 0 Å². The van der Waals surface area contributed by atoms with Crippen LogP contribution in [-0.4, -0.2) is 57.2 Å². The molecule has 3 aliphatic rings. The number of aromatic nitrogens is 2. The van der Waals surface area contributed by atoms with E-state index in [0.29, 0.717) is 35.9 Å². The summed E-state index contributed by atoms with van der Waals surface area (Å²) in [7, 11) is 0. The summed E-state index contributed by atoms with van der Waals surface area (Å²) in [5.41, 5.74) is 2.00. The summed E-state index contributed by atoms with van der Waals surface area (Å²) in [5.74, 6) is -0.530. The SMILES string of the molecule is O=C(O)C[C@@]1(c2nc(-c3ccccc3-c3ccc(N4CCCC4=O)nc3)cs2)C(=O)N[C@@H](CO)CCC[C@@H]1C1CCCC1. The fourth-order valence-corrected chi connectivity index (χ4v) is 8.54. The van der Waals surface area contributed by atoms with Crippen LogP contribution in [0.25, 0.3) is 22.4 Å². The highest BCUT2D eigenvalue weighted by Gasteiger charge is 2.54. The number of hydrogen-bond donors (Lipinski definition) is 3. The molecule has 1 aliphatic carbocycles. The third kappa shape index (κ3) is 5.70. The van der Waals surface area contributed by atoms with Gasteiger partial charge in [0.05, 0.1) is 24.8 Å². The number of carboxylic acids is 1. The summed E-state index contributed by atoms with van der Waals surface area (Å²) in [4.78, 5) is 50.2. The molecule has 3 fully saturated rings. The van der Waals surface area contributed by atoms with Gasteiger partial charge in [-0.15, -0.1) is 11.3 Å². The first kappa shape index (κ1) is 29.4. The maximum Gasteiger partial charge on any atom is 0.304 e. The van der Waals surface area contributed by atoms with Crippen LogP contribution >= 0.6 is 11.3 Å². The van der Waals surface area contributed by atoms with Gasteiger partial charge in [0, 0.05) is 35.7 Å². The van der Waals surface area contributed by atoms with Crippen molar-refractivity contribution in [2.45, 2.75) is 75.7 Å². The second kappa shape index (κ2) is 12.5. The monoisotopic (exact) mass is 602 g/mol. The molecular formula is C33H38N4O5S. The molecule has 43 heavy (non-hydrogen) atoms. The molecule has 4 heterocycles. The van der Waals surface area contributed by atoms with Crippen LogP contribution in [0.3, 0.4) is 0 Å². The lowest BCUT2D eigenvalue weighted by Crippen LogP contribution is -2.56. The Balaban J connectivity index is 1.40. The lowest BCUT2D eigenvalue weighted by Gasteiger charge is -2.43. The number of carbonyl (C=O) groups excluding carboxylic acids is 2. The van der Waals surface area contributed by atoms with Gasteiger partial charge in [-0.3, -0.25) is 19.3 Å². The van der Waals surface area contributed by atoms with Crippen LogP contribution < -0.4 is 10.2 Å². The number of rotatable bonds is 8. The zero-order valence-electron chi connectivity index (χ0n) is 24.2. The van der Waals surface area contributed by atoms with Gasteiger partial charge in [-0.1, -0.05) is 56.4 Å². The first-order valence-corrected chi connectivity index (χ1v) is 16.2. The Labute approximate surface area is 255 Å². The van der Waals surface area contributed by atoms with E-state index in [1.54, 1.807) is 11.1 Å². The molecule has 0 unspecified atom stereocenters. The quantitative estimate of drug-likeness (QED) is 0.324. The molecule has 1 saturated carbocycles. The second-order valence-electron chi connectivity index (χ2n) is 12.1. The molecule has 2 amide bonds. The Morgan fingerprint density at radius 1 is 1.02 bits per heavy atom. The largest absolute Gasteiger partial charge is 0.481 e. The predicted octanol–water partition coefficient (Wildman–Crippen LogP) is 5.18. The van der Waals surface area contributed by atoms with E-state index in [1.165, 1.54) is 11.3 Å². The van der Waals surface area contributed by atoms with E-state index in [0.717, 1.165) is 61.6 Å². The summed E-state index contributed by atoms with van der Waals surface area (Å²) >= 11 is 1.35. The number of pyridine rings is 1. The number of carbonyl (C=O) groups is 3. The molecule has 3 aromatic rings. The van der Waals surface area contributed by atoms with Gasteiger partial charge in [-0.2, -0.15) is 0 Å². The molecule has 226 valence electrons. The summed E-state index contributed by atoms with van der Waals surface area (Å²) in [6.45, 7) is 0.494. The van der Waals surface area contributed by atoms with Crippen molar-refractivity contribution in [2.75, 3.05) is 18.1 Å². The van der Waals surface area contributed by atoms with Crippen molar-refractivity contribution in [1.82, 2.24) is 15.3 Å². The maximum absolute atomic E-state index is 14.2. The van der Waals surface area contributed by atoms with Crippen molar-refractivity contribution < 1.29 is 24.6 Å². The predicted molar refractivity (Wildman–Crippen MR) is 165 cm³/mol. The van der Waals surface area contributed by atoms with Gasteiger partial charge in [0.1, 0.15) is 16.2 Å². The minimum absolute atomic E-state index is 0.0883. The third-order valence-corrected chi connectivity index (χ3v) is 10.6. The molecule has 2 aromatic heterocycles. The number of amides is 2. The zero-order valence-corrected chi connectivity index (χ0v) is 25.0. The van der Waals surface area contributed by atoms with Crippen LogP contribution in [-0.2, 0) is 19.8 Å². The van der Waals surface area contributed by atoms with Gasteiger partial charge in [0.25, 0.3) is 0 Å². The number of anilines is 1. The summed E-state index contributed by atoms with van der Waals surface area (Å²) in [5, 5.41) is 25.6. The molecular weight excluding hydrogens is 564 g/mol. The second-order valence-corrected chi connectivity index (χ2v) is 13.0. The third-order valence-electron chi connectivity index (χ3n) is 9.56. The summed E-state index contributed by atoms with van der Waals surface area (Å²) in [6.07, 6.45) is 9.14. The highest BCUT2D eigenvalue weighted by Crippen LogP contribution is 2.50. The number of aliphatic hydroxyl groups is 1. The van der Waals surface area contributed by atoms with Crippen LogP contribution in [0.1, 0.15) is 69.2 Å². The number of carboxylic acid groups (broad SMARTS) is 1. The van der Waals surface area contributed by atoms with Crippen molar-refractivity contribution >= 4 is 34.9 Å².